The summed E-state index contributed by atoms with van der Waals surface area (Å²) in [6.45, 7) is 0.218. The van der Waals surface area contributed by atoms with Crippen molar-refractivity contribution in [1.29, 1.82) is 0 Å². The van der Waals surface area contributed by atoms with E-state index in [1.807, 2.05) is 12.1 Å². The number of nitrogens with one attached hydrogen (secondary N) is 2. The van der Waals surface area contributed by atoms with E-state index in [1.165, 1.54) is 25.6 Å². The molecule has 3 aromatic rings. The molecule has 0 saturated carbocycles. The first-order valence-corrected chi connectivity index (χ1v) is 10.2. The molecule has 1 aromatic heterocycles. The van der Waals surface area contributed by atoms with Crippen molar-refractivity contribution in [3.63, 3.8) is 0 Å². The summed E-state index contributed by atoms with van der Waals surface area (Å²) in [5, 5.41) is 3.14. The lowest BCUT2D eigenvalue weighted by molar-refractivity contribution is 0.415. The highest BCUT2D eigenvalue weighted by atomic mass is 32.2. The maximum atomic E-state index is 13.6. The lowest BCUT2D eigenvalue weighted by Crippen LogP contribution is -2.21. The van der Waals surface area contributed by atoms with Gasteiger partial charge >= 0.3 is 0 Å². The number of hydrogen-bond acceptors (Lipinski definition) is 6. The molecule has 2 N–H and O–H groups in total. The van der Waals surface area contributed by atoms with Crippen LogP contribution in [0.2, 0.25) is 0 Å². The Morgan fingerprint density at radius 2 is 1.82 bits per heavy atom. The molecule has 0 amide bonds. The number of hydrogen-bond donors (Lipinski definition) is 2. The van der Waals surface area contributed by atoms with Crippen LogP contribution in [0.15, 0.2) is 54.9 Å². The van der Waals surface area contributed by atoms with Crippen molar-refractivity contribution in [2.75, 3.05) is 18.7 Å². The molecule has 1 heterocycles. The molecule has 28 heavy (non-hydrogen) atoms. The molecule has 3 rings (SSSR count). The van der Waals surface area contributed by atoms with E-state index in [0.717, 1.165) is 17.5 Å². The molecule has 0 spiro atoms. The normalized spacial score (nSPS) is 11.2. The van der Waals surface area contributed by atoms with E-state index in [0.29, 0.717) is 22.8 Å². The van der Waals surface area contributed by atoms with Crippen LogP contribution in [-0.4, -0.2) is 31.8 Å². The lowest BCUT2D eigenvalue weighted by atomic mass is 10.1. The van der Waals surface area contributed by atoms with Gasteiger partial charge in [0.1, 0.15) is 23.7 Å². The number of benzene rings is 2. The zero-order chi connectivity index (χ0) is 20.1. The summed E-state index contributed by atoms with van der Waals surface area (Å²) >= 11 is 0. The molecule has 146 valence electrons. The van der Waals surface area contributed by atoms with Crippen LogP contribution in [-0.2, 0) is 16.6 Å². The Hall–Kier alpha value is -3.04. The SMILES string of the molecule is COc1ccc(F)cc1-c1cc(Nc2ccc(CNS(C)(=O)=O)cc2)ncn1. The van der Waals surface area contributed by atoms with E-state index < -0.39 is 10.0 Å². The molecule has 0 aliphatic rings. The Morgan fingerprint density at radius 1 is 1.07 bits per heavy atom. The highest BCUT2D eigenvalue weighted by molar-refractivity contribution is 7.88. The second kappa shape index (κ2) is 8.32. The van der Waals surface area contributed by atoms with Crippen molar-refractivity contribution in [2.45, 2.75) is 6.54 Å². The van der Waals surface area contributed by atoms with Crippen LogP contribution in [0.1, 0.15) is 5.56 Å². The van der Waals surface area contributed by atoms with Gasteiger partial charge in [-0.15, -0.1) is 0 Å². The Labute approximate surface area is 162 Å². The van der Waals surface area contributed by atoms with Gasteiger partial charge in [0, 0.05) is 23.9 Å². The zero-order valence-electron chi connectivity index (χ0n) is 15.3. The van der Waals surface area contributed by atoms with E-state index in [2.05, 4.69) is 20.0 Å². The van der Waals surface area contributed by atoms with Crippen LogP contribution in [0.5, 0.6) is 5.75 Å². The number of anilines is 2. The smallest absolute Gasteiger partial charge is 0.209 e. The molecular formula is C19H19FN4O3S. The van der Waals surface area contributed by atoms with E-state index >= 15 is 0 Å². The van der Waals surface area contributed by atoms with Crippen molar-refractivity contribution in [3.05, 3.63) is 66.2 Å². The highest BCUT2D eigenvalue weighted by Gasteiger charge is 2.10. The fourth-order valence-corrected chi connectivity index (χ4v) is 2.95. The van der Waals surface area contributed by atoms with Crippen molar-refractivity contribution in [1.82, 2.24) is 14.7 Å². The number of sulfonamides is 1. The topological polar surface area (TPSA) is 93.2 Å². The van der Waals surface area contributed by atoms with Crippen LogP contribution in [0.3, 0.4) is 0 Å². The average molecular weight is 402 g/mol. The van der Waals surface area contributed by atoms with Gasteiger partial charge in [-0.2, -0.15) is 0 Å². The number of halogens is 1. The van der Waals surface area contributed by atoms with Gasteiger partial charge in [0.15, 0.2) is 0 Å². The van der Waals surface area contributed by atoms with Gasteiger partial charge in [-0.3, -0.25) is 0 Å². The van der Waals surface area contributed by atoms with Gasteiger partial charge in [-0.25, -0.2) is 27.5 Å². The Bertz CT molecular complexity index is 1070. The van der Waals surface area contributed by atoms with Gasteiger partial charge in [-0.05, 0) is 35.9 Å². The quantitative estimate of drug-likeness (QED) is 0.631. The zero-order valence-corrected chi connectivity index (χ0v) is 16.1. The second-order valence-electron chi connectivity index (χ2n) is 6.05. The average Bonchev–Trinajstić information content (AvgIpc) is 2.67. The molecule has 9 heteroatoms. The standard InChI is InChI=1S/C19H19FN4O3S/c1-27-18-8-5-14(20)9-16(18)17-10-19(22-12-21-17)24-15-6-3-13(4-7-15)11-23-28(2,25)26/h3-10,12,23H,11H2,1-2H3,(H,21,22,24). The van der Waals surface area contributed by atoms with Gasteiger partial charge in [0.05, 0.1) is 19.1 Å². The molecule has 7 nitrogen and oxygen atoms in total. The molecule has 2 aromatic carbocycles. The number of methoxy groups -OCH3 is 1. The largest absolute Gasteiger partial charge is 0.496 e. The molecule has 0 bridgehead atoms. The minimum absolute atomic E-state index is 0.218. The molecule has 0 atom stereocenters. The summed E-state index contributed by atoms with van der Waals surface area (Å²) in [7, 11) is -1.73. The predicted octanol–water partition coefficient (Wildman–Crippen LogP) is 3.08. The van der Waals surface area contributed by atoms with E-state index in [1.54, 1.807) is 24.3 Å². The first kappa shape index (κ1) is 19.7. The number of rotatable bonds is 7. The first-order valence-electron chi connectivity index (χ1n) is 8.30. The third-order valence-electron chi connectivity index (χ3n) is 3.87. The summed E-state index contributed by atoms with van der Waals surface area (Å²) in [5.41, 5.74) is 2.63. The van der Waals surface area contributed by atoms with Gasteiger partial charge in [0.2, 0.25) is 10.0 Å². The van der Waals surface area contributed by atoms with Crippen molar-refractivity contribution in [3.8, 4) is 17.0 Å². The molecule has 0 aliphatic carbocycles. The van der Waals surface area contributed by atoms with E-state index in [9.17, 15) is 12.8 Å². The van der Waals surface area contributed by atoms with Gasteiger partial charge in [-0.1, -0.05) is 12.1 Å². The highest BCUT2D eigenvalue weighted by Crippen LogP contribution is 2.30. The molecule has 0 unspecified atom stereocenters. The summed E-state index contributed by atoms with van der Waals surface area (Å²) in [6.07, 6.45) is 2.50. The summed E-state index contributed by atoms with van der Waals surface area (Å²) in [6, 6.07) is 13.1. The number of aromatic nitrogens is 2. The van der Waals surface area contributed by atoms with Crippen LogP contribution in [0, 0.1) is 5.82 Å². The van der Waals surface area contributed by atoms with Crippen LogP contribution >= 0.6 is 0 Å². The molecule has 0 fully saturated rings. The first-order chi connectivity index (χ1) is 13.3. The van der Waals surface area contributed by atoms with E-state index in [4.69, 9.17) is 4.74 Å². The molecule has 0 radical (unpaired) electrons. The van der Waals surface area contributed by atoms with Crippen LogP contribution < -0.4 is 14.8 Å². The molecule has 0 aliphatic heterocycles. The Balaban J connectivity index is 1.77. The molecule has 0 saturated heterocycles. The fourth-order valence-electron chi connectivity index (χ4n) is 2.52. The van der Waals surface area contributed by atoms with Crippen molar-refractivity contribution in [2.24, 2.45) is 0 Å². The van der Waals surface area contributed by atoms with Gasteiger partial charge < -0.3 is 10.1 Å². The van der Waals surface area contributed by atoms with E-state index in [-0.39, 0.29) is 12.4 Å². The maximum absolute atomic E-state index is 13.6. The third-order valence-corrected chi connectivity index (χ3v) is 4.54. The second-order valence-corrected chi connectivity index (χ2v) is 7.88. The third kappa shape index (κ3) is 5.24. The van der Waals surface area contributed by atoms with Crippen LogP contribution in [0.4, 0.5) is 15.9 Å². The Morgan fingerprint density at radius 3 is 2.50 bits per heavy atom. The van der Waals surface area contributed by atoms with Gasteiger partial charge in [0.25, 0.3) is 0 Å². The Kier molecular flexibility index (Phi) is 5.86. The van der Waals surface area contributed by atoms with Crippen molar-refractivity contribution < 1.29 is 17.5 Å². The minimum atomic E-state index is -3.24. The number of ether oxygens (including phenoxy) is 1. The predicted molar refractivity (Wildman–Crippen MR) is 105 cm³/mol. The monoisotopic (exact) mass is 402 g/mol. The molecular weight excluding hydrogens is 383 g/mol. The minimum Gasteiger partial charge on any atom is -0.496 e. The van der Waals surface area contributed by atoms with Crippen molar-refractivity contribution >= 4 is 21.5 Å². The fraction of sp³-hybridized carbons (Fsp3) is 0.158. The number of nitrogens with zero attached hydrogens (tertiary/aromatic N) is 2. The van der Waals surface area contributed by atoms with Crippen LogP contribution in [0.25, 0.3) is 11.3 Å². The lowest BCUT2D eigenvalue weighted by Gasteiger charge is -2.10. The maximum Gasteiger partial charge on any atom is 0.209 e. The summed E-state index contributed by atoms with van der Waals surface area (Å²) in [4.78, 5) is 8.38. The summed E-state index contributed by atoms with van der Waals surface area (Å²) in [5.74, 6) is 0.648. The summed E-state index contributed by atoms with van der Waals surface area (Å²) < 4.78 is 43.7.